The summed E-state index contributed by atoms with van der Waals surface area (Å²) in [5.41, 5.74) is 8.78. The van der Waals surface area contributed by atoms with Gasteiger partial charge in [0.15, 0.2) is 0 Å². The molecule has 45 heavy (non-hydrogen) atoms. The maximum atomic E-state index is 4.38. The van der Waals surface area contributed by atoms with Crippen LogP contribution in [-0.4, -0.2) is 0 Å². The molecule has 0 fully saturated rings. The summed E-state index contributed by atoms with van der Waals surface area (Å²) in [6, 6.07) is 7.40. The maximum Gasteiger partial charge on any atom is -0.0108 e. The molecule has 1 aromatic carbocycles. The highest BCUT2D eigenvalue weighted by atomic mass is 14.4. The van der Waals surface area contributed by atoms with Crippen LogP contribution in [0.2, 0.25) is 0 Å². The normalized spacial score (nSPS) is 15.9. The van der Waals surface area contributed by atoms with Gasteiger partial charge in [0.05, 0.1) is 0 Å². The third kappa shape index (κ3) is 16.2. The summed E-state index contributed by atoms with van der Waals surface area (Å²) in [7, 11) is 0. The van der Waals surface area contributed by atoms with E-state index >= 15 is 0 Å². The lowest BCUT2D eigenvalue weighted by Crippen LogP contribution is -2.26. The second-order valence-corrected chi connectivity index (χ2v) is 21.6. The van der Waals surface area contributed by atoms with E-state index < -0.39 is 0 Å². The van der Waals surface area contributed by atoms with Gasteiger partial charge in [0.25, 0.3) is 0 Å². The summed E-state index contributed by atoms with van der Waals surface area (Å²) in [5.74, 6) is 1.08. The molecule has 0 aliphatic heterocycles. The minimum Gasteiger partial charge on any atom is -0.0955 e. The molecule has 1 aromatic rings. The van der Waals surface area contributed by atoms with E-state index in [9.17, 15) is 0 Å². The Morgan fingerprint density at radius 2 is 0.978 bits per heavy atom. The summed E-state index contributed by atoms with van der Waals surface area (Å²) >= 11 is 0. The van der Waals surface area contributed by atoms with Crippen LogP contribution in [0.5, 0.6) is 0 Å². The van der Waals surface area contributed by atoms with Gasteiger partial charge in [-0.25, -0.2) is 0 Å². The van der Waals surface area contributed by atoms with Gasteiger partial charge in [0, 0.05) is 0 Å². The molecular formula is C45H80. The molecule has 0 nitrogen and oxygen atoms in total. The van der Waals surface area contributed by atoms with Gasteiger partial charge in [-0.2, -0.15) is 0 Å². The van der Waals surface area contributed by atoms with Crippen LogP contribution in [0, 0.1) is 33.0 Å². The van der Waals surface area contributed by atoms with Crippen LogP contribution < -0.4 is 0 Å². The zero-order valence-corrected chi connectivity index (χ0v) is 34.7. The van der Waals surface area contributed by atoms with Gasteiger partial charge in [0.1, 0.15) is 0 Å². The van der Waals surface area contributed by atoms with E-state index in [4.69, 9.17) is 0 Å². The summed E-state index contributed by atoms with van der Waals surface area (Å²) in [5, 5.41) is 0. The fourth-order valence-corrected chi connectivity index (χ4v) is 5.95. The molecule has 0 aliphatic carbocycles. The van der Waals surface area contributed by atoms with Crippen LogP contribution >= 0.6 is 0 Å². The molecule has 0 radical (unpaired) electrons. The lowest BCUT2D eigenvalue weighted by atomic mass is 9.67. The Bertz CT molecular complexity index is 1100. The summed E-state index contributed by atoms with van der Waals surface area (Å²) < 4.78 is 0. The summed E-state index contributed by atoms with van der Waals surface area (Å²) in [6.07, 6.45) is 9.08. The van der Waals surface area contributed by atoms with Crippen LogP contribution in [0.25, 0.3) is 0 Å². The highest BCUT2D eigenvalue weighted by molar-refractivity contribution is 5.39. The molecule has 0 aromatic heterocycles. The maximum absolute atomic E-state index is 4.38. The molecule has 0 N–H and O–H groups in total. The summed E-state index contributed by atoms with van der Waals surface area (Å²) in [6.45, 7) is 55.4. The SMILES string of the molecule is C=C(/C=C\C(=C/C)C(C)(C)C)C(CC(C)(C)C)C(C)(C)C.CC(C)(C)CC(c1cc(C(C)(C)C)cc(C(C)(C)C)c1)C(C)(C)C. The second kappa shape index (κ2) is 15.1. The number of hydrogen-bond acceptors (Lipinski definition) is 0. The van der Waals surface area contributed by atoms with E-state index in [1.54, 1.807) is 0 Å². The lowest BCUT2D eigenvalue weighted by Gasteiger charge is -2.38. The zero-order valence-electron chi connectivity index (χ0n) is 34.7. The van der Waals surface area contributed by atoms with E-state index in [2.05, 4.69) is 195 Å². The minimum atomic E-state index is 0.181. The van der Waals surface area contributed by atoms with E-state index in [0.29, 0.717) is 22.7 Å². The van der Waals surface area contributed by atoms with E-state index in [-0.39, 0.29) is 27.1 Å². The topological polar surface area (TPSA) is 0 Å². The molecule has 260 valence electrons. The Morgan fingerprint density at radius 3 is 1.24 bits per heavy atom. The number of benzene rings is 1. The third-order valence-electron chi connectivity index (χ3n) is 8.92. The Hall–Kier alpha value is -1.56. The molecule has 0 amide bonds. The summed E-state index contributed by atoms with van der Waals surface area (Å²) in [4.78, 5) is 0. The fourth-order valence-electron chi connectivity index (χ4n) is 5.95. The first-order valence-corrected chi connectivity index (χ1v) is 17.8. The highest BCUT2D eigenvalue weighted by Crippen LogP contribution is 2.45. The van der Waals surface area contributed by atoms with Gasteiger partial charge in [-0.1, -0.05) is 194 Å². The largest absolute Gasteiger partial charge is 0.0955 e. The Labute approximate surface area is 285 Å². The van der Waals surface area contributed by atoms with Gasteiger partial charge in [-0.15, -0.1) is 0 Å². The predicted molar refractivity (Wildman–Crippen MR) is 209 cm³/mol. The molecule has 0 saturated heterocycles. The van der Waals surface area contributed by atoms with Crippen molar-refractivity contribution in [3.63, 3.8) is 0 Å². The minimum absolute atomic E-state index is 0.181. The first-order chi connectivity index (χ1) is 19.6. The van der Waals surface area contributed by atoms with Gasteiger partial charge in [-0.05, 0) is 91.8 Å². The van der Waals surface area contributed by atoms with Crippen molar-refractivity contribution in [2.75, 3.05) is 0 Å². The van der Waals surface area contributed by atoms with Crippen LogP contribution in [0.3, 0.4) is 0 Å². The van der Waals surface area contributed by atoms with Gasteiger partial charge in [-0.3, -0.25) is 0 Å². The van der Waals surface area contributed by atoms with Crippen molar-refractivity contribution in [2.45, 2.75) is 182 Å². The molecule has 1 rings (SSSR count). The standard InChI is InChI=1S/C24H42.C21H38/c1-21(2,3)16-20(24(10,11)12)17-13-18(22(4,5)6)15-19(14-17)23(7,8)9;1-12-17(20(6,7)8)14-13-16(2)18(21(9,10)11)15-19(3,4)5/h13-15,20H,16H2,1-12H3;12-14,18H,2,15H2,1,3-11H3/b;14-13-,17-12+. The monoisotopic (exact) mass is 621 g/mol. The van der Waals surface area contributed by atoms with Crippen molar-refractivity contribution < 1.29 is 0 Å². The molecule has 2 atom stereocenters. The number of hydrogen-bond donors (Lipinski definition) is 0. The average Bonchev–Trinajstić information content (AvgIpc) is 2.77. The molecule has 2 unspecified atom stereocenters. The van der Waals surface area contributed by atoms with Crippen molar-refractivity contribution in [3.05, 3.63) is 70.8 Å². The van der Waals surface area contributed by atoms with Gasteiger partial charge >= 0.3 is 0 Å². The predicted octanol–water partition coefficient (Wildman–Crippen LogP) is 15.0. The van der Waals surface area contributed by atoms with Crippen LogP contribution in [0.15, 0.2) is 54.2 Å². The van der Waals surface area contributed by atoms with E-state index in [0.717, 1.165) is 0 Å². The molecule has 0 saturated carbocycles. The van der Waals surface area contributed by atoms with Gasteiger partial charge in [0.2, 0.25) is 0 Å². The Balaban J connectivity index is 0.000000870. The highest BCUT2D eigenvalue weighted by Gasteiger charge is 2.33. The molecule has 0 heterocycles. The molecule has 0 aliphatic rings. The van der Waals surface area contributed by atoms with Crippen molar-refractivity contribution in [1.29, 1.82) is 0 Å². The third-order valence-corrected chi connectivity index (χ3v) is 8.92. The Morgan fingerprint density at radius 1 is 0.578 bits per heavy atom. The fraction of sp³-hybridized carbons (Fsp3) is 0.733. The quantitative estimate of drug-likeness (QED) is 0.278. The zero-order chi connectivity index (χ0) is 36.2. The van der Waals surface area contributed by atoms with Crippen molar-refractivity contribution in [1.82, 2.24) is 0 Å². The van der Waals surface area contributed by atoms with Crippen LogP contribution in [0.1, 0.15) is 188 Å². The molecule has 0 spiro atoms. The molecule has 0 heteroatoms. The van der Waals surface area contributed by atoms with Crippen molar-refractivity contribution in [3.8, 4) is 0 Å². The average molecular weight is 621 g/mol. The van der Waals surface area contributed by atoms with E-state index in [1.807, 2.05) is 0 Å². The molecular weight excluding hydrogens is 540 g/mol. The van der Waals surface area contributed by atoms with E-state index in [1.165, 1.54) is 40.7 Å². The van der Waals surface area contributed by atoms with Crippen LogP contribution in [-0.2, 0) is 10.8 Å². The first-order valence-electron chi connectivity index (χ1n) is 17.8. The first kappa shape index (κ1) is 43.4. The molecule has 0 bridgehead atoms. The Kier molecular flexibility index (Phi) is 14.6. The number of rotatable bonds is 6. The van der Waals surface area contributed by atoms with Crippen LogP contribution in [0.4, 0.5) is 0 Å². The smallest absolute Gasteiger partial charge is 0.0108 e. The number of allylic oxidation sites excluding steroid dienone is 5. The second-order valence-electron chi connectivity index (χ2n) is 21.6. The van der Waals surface area contributed by atoms with Crippen molar-refractivity contribution >= 4 is 0 Å². The van der Waals surface area contributed by atoms with Gasteiger partial charge < -0.3 is 0 Å². The van der Waals surface area contributed by atoms with Crippen molar-refractivity contribution in [2.24, 2.45) is 33.0 Å². The lowest BCUT2D eigenvalue weighted by molar-refractivity contribution is 0.200.